The van der Waals surface area contributed by atoms with Gasteiger partial charge in [-0.1, -0.05) is 48.5 Å². The lowest BCUT2D eigenvalue weighted by Gasteiger charge is -2.41. The number of fused-ring (bicyclic) bond motifs is 2. The zero-order chi connectivity index (χ0) is 34.8. The topological polar surface area (TPSA) is 138 Å². The van der Waals surface area contributed by atoms with E-state index in [0.29, 0.717) is 40.7 Å². The quantitative estimate of drug-likeness (QED) is 0.228. The number of nitrogens with zero attached hydrogens (tertiary/aromatic N) is 9. The van der Waals surface area contributed by atoms with E-state index in [0.717, 1.165) is 54.5 Å². The molecule has 2 fully saturated rings. The number of aromatic nitrogens is 3. The van der Waals surface area contributed by atoms with Gasteiger partial charge in [0.25, 0.3) is 5.91 Å². The van der Waals surface area contributed by atoms with E-state index in [4.69, 9.17) is 31.3 Å². The van der Waals surface area contributed by atoms with E-state index in [2.05, 4.69) is 33.6 Å². The summed E-state index contributed by atoms with van der Waals surface area (Å²) in [6.45, 7) is 6.16. The third kappa shape index (κ3) is 6.84. The third-order valence-corrected chi connectivity index (χ3v) is 9.74. The van der Waals surface area contributed by atoms with Crippen molar-refractivity contribution in [2.45, 2.75) is 37.8 Å². The lowest BCUT2D eigenvalue weighted by atomic mass is 10.0. The summed E-state index contributed by atoms with van der Waals surface area (Å²) in [5.74, 6) is -0.406. The number of nitrogens with one attached hydrogen (secondary N) is 2. The van der Waals surface area contributed by atoms with Gasteiger partial charge in [-0.15, -0.1) is 10.2 Å². The second-order valence-corrected chi connectivity index (χ2v) is 13.0. The van der Waals surface area contributed by atoms with E-state index in [1.807, 2.05) is 60.5 Å². The molecule has 0 saturated carbocycles. The smallest absolute Gasteiger partial charge is 0.320 e. The molecule has 2 aromatic heterocycles. The van der Waals surface area contributed by atoms with Gasteiger partial charge in [0.1, 0.15) is 18.3 Å². The Hall–Kier alpha value is -5.10. The van der Waals surface area contributed by atoms with Crippen molar-refractivity contribution in [3.8, 4) is 23.3 Å². The fourth-order valence-corrected chi connectivity index (χ4v) is 7.26. The van der Waals surface area contributed by atoms with Gasteiger partial charge in [0, 0.05) is 61.7 Å². The van der Waals surface area contributed by atoms with Crippen LogP contribution in [-0.2, 0) is 4.79 Å². The largest absolute Gasteiger partial charge is 0.462 e. The summed E-state index contributed by atoms with van der Waals surface area (Å²) in [6.07, 6.45) is 2.83. The number of hydrazone groups is 1. The number of hydrazine groups is 2. The number of piperazine rings is 1. The van der Waals surface area contributed by atoms with Gasteiger partial charge in [-0.05, 0) is 43.0 Å². The number of hydrogen-bond acceptors (Lipinski definition) is 12. The average Bonchev–Trinajstić information content (AvgIpc) is 3.76. The van der Waals surface area contributed by atoms with Gasteiger partial charge in [0.05, 0.1) is 29.6 Å². The molecule has 3 aliphatic heterocycles. The second-order valence-electron chi connectivity index (χ2n) is 12.6. The Labute approximate surface area is 293 Å². The molecule has 0 bridgehead atoms. The molecule has 15 heteroatoms. The van der Waals surface area contributed by atoms with Crippen molar-refractivity contribution in [3.05, 3.63) is 66.0 Å². The van der Waals surface area contributed by atoms with Crippen molar-refractivity contribution in [2.75, 3.05) is 51.3 Å². The number of halogens is 2. The minimum atomic E-state index is -1.05. The highest BCUT2D eigenvalue weighted by Gasteiger charge is 2.34. The van der Waals surface area contributed by atoms with Crippen LogP contribution in [0.15, 0.2) is 66.0 Å². The lowest BCUT2D eigenvalue weighted by Crippen LogP contribution is -2.55. The maximum atomic E-state index is 13.9. The number of likely N-dealkylation sites (tertiary alicyclic amines) is 1. The van der Waals surface area contributed by atoms with Crippen LogP contribution in [0.5, 0.6) is 6.01 Å². The van der Waals surface area contributed by atoms with E-state index in [1.54, 1.807) is 5.12 Å². The number of ether oxygens (including phenoxy) is 1. The zero-order valence-corrected chi connectivity index (χ0v) is 28.4. The highest BCUT2D eigenvalue weighted by atomic mass is 35.5. The molecule has 5 heterocycles. The minimum absolute atomic E-state index is 0.0257. The number of amidine groups is 1. The highest BCUT2D eigenvalue weighted by molar-refractivity contribution is 6.36. The van der Waals surface area contributed by atoms with Crippen LogP contribution >= 0.6 is 11.6 Å². The Kier molecular flexibility index (Phi) is 9.62. The number of carbonyl (C=O) groups is 1. The number of pyridine rings is 1. The maximum Gasteiger partial charge on any atom is 0.320 e. The van der Waals surface area contributed by atoms with Crippen LogP contribution in [-0.4, -0.2) is 100 Å². The van der Waals surface area contributed by atoms with Crippen molar-refractivity contribution in [3.63, 3.8) is 0 Å². The van der Waals surface area contributed by atoms with Gasteiger partial charge >= 0.3 is 6.01 Å². The molecule has 7 rings (SSSR count). The number of hydrogen-bond donors (Lipinski definition) is 2. The molecule has 13 nitrogen and oxygen atoms in total. The first kappa shape index (κ1) is 33.4. The number of rotatable bonds is 10. The van der Waals surface area contributed by atoms with E-state index in [-0.39, 0.29) is 31.6 Å². The molecule has 2 N–H and O–H groups in total. The lowest BCUT2D eigenvalue weighted by molar-refractivity contribution is -0.131. The monoisotopic (exact) mass is 697 g/mol. The van der Waals surface area contributed by atoms with E-state index in [1.165, 1.54) is 4.90 Å². The molecule has 3 aliphatic rings. The number of nitriles is 1. The summed E-state index contributed by atoms with van der Waals surface area (Å²) in [5.41, 5.74) is 8.04. The van der Waals surface area contributed by atoms with E-state index < -0.39 is 17.8 Å². The molecule has 2 atom stereocenters. The van der Waals surface area contributed by atoms with Crippen molar-refractivity contribution >= 4 is 51.0 Å². The van der Waals surface area contributed by atoms with E-state index >= 15 is 0 Å². The summed E-state index contributed by atoms with van der Waals surface area (Å²) in [7, 11) is 1.86. The zero-order valence-electron chi connectivity index (χ0n) is 27.6. The maximum absolute atomic E-state index is 13.9. The van der Waals surface area contributed by atoms with Gasteiger partial charge < -0.3 is 14.5 Å². The fraction of sp³-hybridized carbons (Fsp3) is 0.371. The predicted molar refractivity (Wildman–Crippen MR) is 190 cm³/mol. The molecule has 50 heavy (non-hydrogen) atoms. The van der Waals surface area contributed by atoms with Gasteiger partial charge in [0.15, 0.2) is 11.5 Å². The van der Waals surface area contributed by atoms with Gasteiger partial charge in [-0.2, -0.15) is 15.2 Å². The van der Waals surface area contributed by atoms with Crippen LogP contribution in [0.25, 0.3) is 33.1 Å². The van der Waals surface area contributed by atoms with Gasteiger partial charge in [-0.25, -0.2) is 14.9 Å². The molecular formula is C35H37ClFN11O2. The Morgan fingerprint density at radius 1 is 1.12 bits per heavy atom. The van der Waals surface area contributed by atoms with Crippen molar-refractivity contribution in [1.82, 2.24) is 40.8 Å². The summed E-state index contributed by atoms with van der Waals surface area (Å²) < 4.78 is 20.3. The Bertz CT molecular complexity index is 2020. The molecule has 0 aliphatic carbocycles. The number of carbonyl (C=O) groups excluding carboxylic acids is 1. The van der Waals surface area contributed by atoms with Crippen molar-refractivity contribution in [2.24, 2.45) is 5.10 Å². The van der Waals surface area contributed by atoms with Crippen LogP contribution in [0.4, 0.5) is 10.2 Å². The van der Waals surface area contributed by atoms with Crippen molar-refractivity contribution in [1.29, 1.82) is 5.26 Å². The first-order chi connectivity index (χ1) is 24.3. The van der Waals surface area contributed by atoms with Crippen LogP contribution < -0.4 is 20.6 Å². The molecule has 0 spiro atoms. The summed E-state index contributed by atoms with van der Waals surface area (Å²) >= 11 is 6.68. The standard InChI is InChI=1S/C35H37ClFN11O2/c1-22(37)34(49)48-19-18-47(20-24(48)13-15-38)33-27-11-12-29(26-9-3-6-23-7-4-10-28(36)31(23)26)39-32(27)40-35(41-33)50-21-25-8-5-16-46(25)17-14-30-42-44-45(2)43-30/h3-4,6-7,9-12,24-25,44H,1,5,8,13-14,16-21H2,2H3,(H,42,43). The second kappa shape index (κ2) is 14.4. The summed E-state index contributed by atoms with van der Waals surface area (Å²) in [6, 6.07) is 17.5. The van der Waals surface area contributed by atoms with Crippen LogP contribution in [0.2, 0.25) is 5.02 Å². The molecule has 0 radical (unpaired) electrons. The van der Waals surface area contributed by atoms with Crippen molar-refractivity contribution < 1.29 is 13.9 Å². The molecule has 1 amide bonds. The average molecular weight is 698 g/mol. The number of benzene rings is 2. The van der Waals surface area contributed by atoms with Gasteiger partial charge in [0.2, 0.25) is 0 Å². The molecule has 4 aromatic rings. The Morgan fingerprint density at radius 3 is 2.74 bits per heavy atom. The highest BCUT2D eigenvalue weighted by Crippen LogP contribution is 2.35. The molecule has 258 valence electrons. The first-order valence-electron chi connectivity index (χ1n) is 16.6. The fourth-order valence-electron chi connectivity index (χ4n) is 6.98. The number of anilines is 1. The SMILES string of the molecule is C=C(F)C(=O)N1CCN(c2nc(OCC3CCCN3CCC3=NNN(C)N3)nc3nc(-c4cccc5cccc(Cl)c45)ccc23)CC1CC#N. The van der Waals surface area contributed by atoms with Crippen LogP contribution in [0, 0.1) is 11.3 Å². The predicted octanol–water partition coefficient (Wildman–Crippen LogP) is 4.41. The Balaban J connectivity index is 1.21. The number of amides is 1. The Morgan fingerprint density at radius 2 is 1.96 bits per heavy atom. The summed E-state index contributed by atoms with van der Waals surface area (Å²) in [5, 5.41) is 18.8. The van der Waals surface area contributed by atoms with Gasteiger partial charge in [-0.3, -0.25) is 15.1 Å². The molecule has 2 saturated heterocycles. The summed E-state index contributed by atoms with van der Waals surface area (Å²) in [4.78, 5) is 33.1. The van der Waals surface area contributed by atoms with E-state index in [9.17, 15) is 14.4 Å². The van der Waals surface area contributed by atoms with Crippen LogP contribution in [0.1, 0.15) is 25.7 Å². The molecule has 2 unspecified atom stereocenters. The normalized spacial score (nSPS) is 19.7. The first-order valence-corrected chi connectivity index (χ1v) is 17.0. The third-order valence-electron chi connectivity index (χ3n) is 9.42. The van der Waals surface area contributed by atoms with Crippen LogP contribution in [0.3, 0.4) is 0 Å². The minimum Gasteiger partial charge on any atom is -0.462 e. The molecule has 2 aromatic carbocycles. The molecular weight excluding hydrogens is 661 g/mol.